The van der Waals surface area contributed by atoms with E-state index in [1.54, 1.807) is 0 Å². The van der Waals surface area contributed by atoms with Crippen molar-refractivity contribution >= 4 is 5.91 Å². The van der Waals surface area contributed by atoms with E-state index in [4.69, 9.17) is 0 Å². The fraction of sp³-hybridized carbons (Fsp3) is 0.929. The lowest BCUT2D eigenvalue weighted by Crippen LogP contribution is -2.55. The molecule has 0 aliphatic carbocycles. The number of piperidine rings is 1. The Hall–Kier alpha value is -0.650. The lowest BCUT2D eigenvalue weighted by molar-refractivity contribution is -0.126. The van der Waals surface area contributed by atoms with Gasteiger partial charge in [0.15, 0.2) is 0 Å². The summed E-state index contributed by atoms with van der Waals surface area (Å²) < 4.78 is 0. The van der Waals surface area contributed by atoms with Gasteiger partial charge in [-0.1, -0.05) is 0 Å². The van der Waals surface area contributed by atoms with Crippen molar-refractivity contribution in [3.8, 4) is 0 Å². The van der Waals surface area contributed by atoms with Crippen LogP contribution in [0, 0.1) is 5.92 Å². The molecule has 2 N–H and O–H groups in total. The van der Waals surface area contributed by atoms with Crippen LogP contribution in [0.5, 0.6) is 0 Å². The van der Waals surface area contributed by atoms with E-state index in [2.05, 4.69) is 41.5 Å². The summed E-state index contributed by atoms with van der Waals surface area (Å²) in [6.07, 6.45) is 2.12. The minimum Gasteiger partial charge on any atom is -0.354 e. The average molecular weight is 268 g/mol. The summed E-state index contributed by atoms with van der Waals surface area (Å²) in [7, 11) is 4.30. The van der Waals surface area contributed by atoms with E-state index in [0.717, 1.165) is 45.6 Å². The Morgan fingerprint density at radius 2 is 2.16 bits per heavy atom. The predicted octanol–water partition coefficient (Wildman–Crippen LogP) is -0.263. The highest BCUT2D eigenvalue weighted by Crippen LogP contribution is 2.16. The van der Waals surface area contributed by atoms with Gasteiger partial charge in [-0.3, -0.25) is 9.69 Å². The molecule has 2 saturated heterocycles. The Morgan fingerprint density at radius 1 is 1.37 bits per heavy atom. The molecule has 2 fully saturated rings. The van der Waals surface area contributed by atoms with Crippen LogP contribution < -0.4 is 10.6 Å². The summed E-state index contributed by atoms with van der Waals surface area (Å²) >= 11 is 0. The van der Waals surface area contributed by atoms with Crippen LogP contribution in [0.25, 0.3) is 0 Å². The molecule has 1 amide bonds. The third kappa shape index (κ3) is 3.91. The lowest BCUT2D eigenvalue weighted by atomic mass is 9.91. The second-order valence-electron chi connectivity index (χ2n) is 6.13. The van der Waals surface area contributed by atoms with Gasteiger partial charge in [-0.25, -0.2) is 0 Å². The van der Waals surface area contributed by atoms with Gasteiger partial charge in [-0.05, 0) is 40.4 Å². The van der Waals surface area contributed by atoms with Crippen molar-refractivity contribution in [2.45, 2.75) is 31.8 Å². The molecule has 0 bridgehead atoms. The van der Waals surface area contributed by atoms with Crippen molar-refractivity contribution in [2.24, 2.45) is 5.92 Å². The van der Waals surface area contributed by atoms with Gasteiger partial charge in [0.1, 0.15) is 0 Å². The number of piperazine rings is 1. The van der Waals surface area contributed by atoms with Crippen molar-refractivity contribution in [3.05, 3.63) is 0 Å². The van der Waals surface area contributed by atoms with Crippen LogP contribution in [-0.2, 0) is 4.79 Å². The molecule has 2 rings (SSSR count). The van der Waals surface area contributed by atoms with Gasteiger partial charge in [0, 0.05) is 38.3 Å². The van der Waals surface area contributed by atoms with Crippen molar-refractivity contribution in [2.75, 3.05) is 46.8 Å². The normalized spacial score (nSPS) is 34.2. The number of carbonyl (C=O) groups is 1. The molecule has 0 radical (unpaired) electrons. The van der Waals surface area contributed by atoms with Crippen LogP contribution in [0.3, 0.4) is 0 Å². The number of hydrogen-bond acceptors (Lipinski definition) is 4. The zero-order valence-corrected chi connectivity index (χ0v) is 12.5. The third-order valence-electron chi connectivity index (χ3n) is 4.59. The maximum atomic E-state index is 12.3. The molecule has 5 nitrogen and oxygen atoms in total. The average Bonchev–Trinajstić information content (AvgIpc) is 2.40. The number of nitrogens with one attached hydrogen (secondary N) is 2. The van der Waals surface area contributed by atoms with Crippen LogP contribution in [0.1, 0.15) is 19.8 Å². The summed E-state index contributed by atoms with van der Waals surface area (Å²) in [5.74, 6) is 0.363. The van der Waals surface area contributed by atoms with E-state index in [9.17, 15) is 4.79 Å². The standard InChI is InChI=1S/C14H28N4O/c1-11-13(5-4-6-15-11)14(19)16-9-12-10-17(2)7-8-18(12)3/h11-13,15H,4-10H2,1-3H3,(H,16,19). The van der Waals surface area contributed by atoms with Crippen molar-refractivity contribution < 1.29 is 4.79 Å². The van der Waals surface area contributed by atoms with Crippen LogP contribution in [-0.4, -0.2) is 74.6 Å². The second kappa shape index (κ2) is 6.68. The Balaban J connectivity index is 1.79. The number of nitrogens with zero attached hydrogens (tertiary/aromatic N) is 2. The lowest BCUT2D eigenvalue weighted by Gasteiger charge is -2.38. The van der Waals surface area contributed by atoms with Crippen molar-refractivity contribution in [3.63, 3.8) is 0 Å². The summed E-state index contributed by atoms with van der Waals surface area (Å²) in [6.45, 7) is 7.16. The zero-order valence-electron chi connectivity index (χ0n) is 12.5. The molecule has 5 heteroatoms. The molecule has 2 aliphatic heterocycles. The van der Waals surface area contributed by atoms with E-state index in [-0.39, 0.29) is 11.8 Å². The molecule has 110 valence electrons. The maximum absolute atomic E-state index is 12.3. The van der Waals surface area contributed by atoms with Crippen molar-refractivity contribution in [1.82, 2.24) is 20.4 Å². The van der Waals surface area contributed by atoms with Crippen LogP contribution >= 0.6 is 0 Å². The fourth-order valence-corrected chi connectivity index (χ4v) is 3.07. The number of hydrogen-bond donors (Lipinski definition) is 2. The first-order chi connectivity index (χ1) is 9.08. The molecule has 3 unspecified atom stereocenters. The quantitative estimate of drug-likeness (QED) is 0.740. The zero-order chi connectivity index (χ0) is 13.8. The summed E-state index contributed by atoms with van der Waals surface area (Å²) in [5.41, 5.74) is 0. The van der Waals surface area contributed by atoms with Gasteiger partial charge >= 0.3 is 0 Å². The third-order valence-corrected chi connectivity index (χ3v) is 4.59. The predicted molar refractivity (Wildman–Crippen MR) is 77.1 cm³/mol. The minimum atomic E-state index is 0.139. The van der Waals surface area contributed by atoms with E-state index < -0.39 is 0 Å². The number of amides is 1. The fourth-order valence-electron chi connectivity index (χ4n) is 3.07. The second-order valence-corrected chi connectivity index (χ2v) is 6.13. The first-order valence-electron chi connectivity index (χ1n) is 7.48. The van der Waals surface area contributed by atoms with Crippen LogP contribution in [0.2, 0.25) is 0 Å². The Morgan fingerprint density at radius 3 is 2.89 bits per heavy atom. The molecule has 19 heavy (non-hydrogen) atoms. The Kier molecular flexibility index (Phi) is 5.19. The van der Waals surface area contributed by atoms with E-state index in [1.807, 2.05) is 0 Å². The van der Waals surface area contributed by atoms with Gasteiger partial charge in [0.25, 0.3) is 0 Å². The molecular formula is C14H28N4O. The molecular weight excluding hydrogens is 240 g/mol. The molecule has 0 aromatic heterocycles. The molecule has 0 saturated carbocycles. The topological polar surface area (TPSA) is 47.6 Å². The Bertz CT molecular complexity index is 310. The highest BCUT2D eigenvalue weighted by atomic mass is 16.1. The molecule has 0 aromatic rings. The van der Waals surface area contributed by atoms with Gasteiger partial charge in [-0.2, -0.15) is 0 Å². The van der Waals surface area contributed by atoms with E-state index in [0.29, 0.717) is 12.1 Å². The van der Waals surface area contributed by atoms with E-state index >= 15 is 0 Å². The number of rotatable bonds is 3. The summed E-state index contributed by atoms with van der Waals surface area (Å²) in [5, 5.41) is 6.54. The summed E-state index contributed by atoms with van der Waals surface area (Å²) in [4.78, 5) is 16.9. The SMILES string of the molecule is CC1NCCCC1C(=O)NCC1CN(C)CCN1C. The summed E-state index contributed by atoms with van der Waals surface area (Å²) in [6, 6.07) is 0.745. The number of carbonyl (C=O) groups excluding carboxylic acids is 1. The molecule has 3 atom stereocenters. The highest BCUT2D eigenvalue weighted by molar-refractivity contribution is 5.79. The molecule has 2 aliphatic rings. The van der Waals surface area contributed by atoms with Gasteiger partial charge in [-0.15, -0.1) is 0 Å². The van der Waals surface area contributed by atoms with Crippen LogP contribution in [0.4, 0.5) is 0 Å². The largest absolute Gasteiger partial charge is 0.354 e. The van der Waals surface area contributed by atoms with Crippen molar-refractivity contribution in [1.29, 1.82) is 0 Å². The van der Waals surface area contributed by atoms with Gasteiger partial charge in [0.05, 0.1) is 5.92 Å². The maximum Gasteiger partial charge on any atom is 0.224 e. The smallest absolute Gasteiger partial charge is 0.224 e. The monoisotopic (exact) mass is 268 g/mol. The highest BCUT2D eigenvalue weighted by Gasteiger charge is 2.29. The molecule has 2 heterocycles. The molecule has 0 spiro atoms. The number of likely N-dealkylation sites (N-methyl/N-ethyl adjacent to an activating group) is 2. The minimum absolute atomic E-state index is 0.139. The van der Waals surface area contributed by atoms with Gasteiger partial charge < -0.3 is 15.5 Å². The molecule has 0 aromatic carbocycles. The van der Waals surface area contributed by atoms with E-state index in [1.165, 1.54) is 0 Å². The first-order valence-corrected chi connectivity index (χ1v) is 7.48. The Labute approximate surface area is 116 Å². The first kappa shape index (κ1) is 14.8. The van der Waals surface area contributed by atoms with Crippen LogP contribution in [0.15, 0.2) is 0 Å². The van der Waals surface area contributed by atoms with Gasteiger partial charge in [0.2, 0.25) is 5.91 Å².